The van der Waals surface area contributed by atoms with Crippen LogP contribution in [-0.2, 0) is 19.1 Å². The zero-order valence-corrected chi connectivity index (χ0v) is 16.4. The number of carbonyl (C=O) groups is 2. The summed E-state index contributed by atoms with van der Waals surface area (Å²) in [5.74, 6) is -1.31. The maximum Gasteiger partial charge on any atom is 0.337 e. The first-order chi connectivity index (χ1) is 12.3. The minimum absolute atomic E-state index is 0.0129. The van der Waals surface area contributed by atoms with E-state index < -0.39 is 18.0 Å². The molecule has 144 valence electrons. The average Bonchev–Trinajstić information content (AvgIpc) is 2.61. The number of rotatable bonds is 8. The summed E-state index contributed by atoms with van der Waals surface area (Å²) in [6, 6.07) is 0. The molecule has 26 heavy (non-hydrogen) atoms. The van der Waals surface area contributed by atoms with Gasteiger partial charge in [-0.25, -0.2) is 9.59 Å². The number of hydrogen-bond donors (Lipinski definition) is 1. The smallest absolute Gasteiger partial charge is 0.337 e. The van der Waals surface area contributed by atoms with Crippen molar-refractivity contribution in [3.8, 4) is 0 Å². The predicted molar refractivity (Wildman–Crippen MR) is 101 cm³/mol. The van der Waals surface area contributed by atoms with Crippen LogP contribution >= 0.6 is 0 Å². The Morgan fingerprint density at radius 3 is 2.35 bits per heavy atom. The highest BCUT2D eigenvalue weighted by Gasteiger charge is 2.32. The molecule has 1 atom stereocenters. The van der Waals surface area contributed by atoms with Gasteiger partial charge in [0.2, 0.25) is 0 Å². The van der Waals surface area contributed by atoms with Gasteiger partial charge in [-0.05, 0) is 58.4 Å². The maximum atomic E-state index is 12.0. The molecule has 0 fully saturated rings. The summed E-state index contributed by atoms with van der Waals surface area (Å²) in [6.45, 7) is 6.27. The maximum absolute atomic E-state index is 12.0. The van der Waals surface area contributed by atoms with Gasteiger partial charge in [0.1, 0.15) is 6.10 Å². The van der Waals surface area contributed by atoms with Crippen LogP contribution in [0.3, 0.4) is 0 Å². The van der Waals surface area contributed by atoms with E-state index in [-0.39, 0.29) is 17.6 Å². The first-order valence-electron chi connectivity index (χ1n) is 8.87. The molecule has 0 aromatic carbocycles. The number of esters is 2. The molecule has 0 saturated carbocycles. The number of aliphatic hydroxyl groups is 1. The van der Waals surface area contributed by atoms with Crippen molar-refractivity contribution >= 4 is 11.9 Å². The monoisotopic (exact) mass is 362 g/mol. The van der Waals surface area contributed by atoms with Gasteiger partial charge in [0.15, 0.2) is 0 Å². The van der Waals surface area contributed by atoms with Crippen molar-refractivity contribution in [3.63, 3.8) is 0 Å². The summed E-state index contributed by atoms with van der Waals surface area (Å²) in [4.78, 5) is 23.9. The Balaban J connectivity index is 2.76. The Morgan fingerprint density at radius 1 is 1.12 bits per heavy atom. The van der Waals surface area contributed by atoms with Crippen LogP contribution in [0.5, 0.6) is 0 Å². The summed E-state index contributed by atoms with van der Waals surface area (Å²) in [5, 5.41) is 10.5. The highest BCUT2D eigenvalue weighted by atomic mass is 16.5. The second kappa shape index (κ2) is 10.8. The minimum atomic E-state index is -1.13. The van der Waals surface area contributed by atoms with Crippen LogP contribution in [-0.4, -0.2) is 37.4 Å². The minimum Gasteiger partial charge on any atom is -0.466 e. The topological polar surface area (TPSA) is 72.8 Å². The lowest BCUT2D eigenvalue weighted by atomic mass is 9.86. The average molecular weight is 362 g/mol. The molecule has 1 unspecified atom stereocenters. The third-order valence-corrected chi connectivity index (χ3v) is 4.37. The molecule has 5 nitrogen and oxygen atoms in total. The number of carbonyl (C=O) groups excluding carboxylic acids is 2. The summed E-state index contributed by atoms with van der Waals surface area (Å²) >= 11 is 0. The van der Waals surface area contributed by atoms with Gasteiger partial charge in [0.05, 0.1) is 25.4 Å². The van der Waals surface area contributed by atoms with Crippen LogP contribution in [0.15, 0.2) is 46.1 Å². The van der Waals surface area contributed by atoms with Gasteiger partial charge in [-0.3, -0.25) is 0 Å². The van der Waals surface area contributed by atoms with Gasteiger partial charge in [-0.15, -0.1) is 0 Å². The molecule has 0 aromatic rings. The molecule has 1 aliphatic rings. The summed E-state index contributed by atoms with van der Waals surface area (Å²) in [6.07, 6.45) is 8.71. The molecule has 1 rings (SSSR count). The van der Waals surface area contributed by atoms with Gasteiger partial charge >= 0.3 is 11.9 Å². The fourth-order valence-electron chi connectivity index (χ4n) is 2.88. The van der Waals surface area contributed by atoms with E-state index in [9.17, 15) is 14.7 Å². The van der Waals surface area contributed by atoms with E-state index in [1.807, 2.05) is 0 Å². The van der Waals surface area contributed by atoms with Gasteiger partial charge in [-0.2, -0.15) is 0 Å². The largest absolute Gasteiger partial charge is 0.466 e. The van der Waals surface area contributed by atoms with E-state index >= 15 is 0 Å². The predicted octanol–water partition coefficient (Wildman–Crippen LogP) is 3.79. The quantitative estimate of drug-likeness (QED) is 0.525. The molecule has 1 N–H and O–H groups in total. The molecular formula is C21H30O5. The number of allylic oxidation sites excluding steroid dienone is 5. The van der Waals surface area contributed by atoms with Crippen molar-refractivity contribution in [2.75, 3.05) is 14.2 Å². The molecule has 0 bridgehead atoms. The van der Waals surface area contributed by atoms with Crippen LogP contribution in [0.4, 0.5) is 0 Å². The van der Waals surface area contributed by atoms with Crippen molar-refractivity contribution in [1.82, 2.24) is 0 Å². The number of ether oxygens (including phenoxy) is 2. The fraction of sp³-hybridized carbons (Fsp3) is 0.524. The lowest BCUT2D eigenvalue weighted by Crippen LogP contribution is -2.28. The van der Waals surface area contributed by atoms with Crippen molar-refractivity contribution in [1.29, 1.82) is 0 Å². The van der Waals surface area contributed by atoms with Gasteiger partial charge in [0, 0.05) is 0 Å². The van der Waals surface area contributed by atoms with Gasteiger partial charge < -0.3 is 14.6 Å². The summed E-state index contributed by atoms with van der Waals surface area (Å²) in [5.41, 5.74) is 3.49. The van der Waals surface area contributed by atoms with E-state index in [0.29, 0.717) is 6.42 Å². The highest BCUT2D eigenvalue weighted by molar-refractivity contribution is 6.02. The van der Waals surface area contributed by atoms with Crippen molar-refractivity contribution in [2.45, 2.75) is 59.0 Å². The number of methoxy groups -OCH3 is 2. The molecule has 0 saturated heterocycles. The molecule has 1 aliphatic carbocycles. The lowest BCUT2D eigenvalue weighted by molar-refractivity contribution is -0.140. The molecule has 0 radical (unpaired) electrons. The second-order valence-electron chi connectivity index (χ2n) is 6.67. The van der Waals surface area contributed by atoms with Crippen LogP contribution in [0.1, 0.15) is 52.9 Å². The van der Waals surface area contributed by atoms with E-state index in [0.717, 1.165) is 24.8 Å². The summed E-state index contributed by atoms with van der Waals surface area (Å²) < 4.78 is 9.44. The van der Waals surface area contributed by atoms with Crippen molar-refractivity contribution in [2.24, 2.45) is 0 Å². The first kappa shape index (κ1) is 21.9. The second-order valence-corrected chi connectivity index (χ2v) is 6.67. The van der Waals surface area contributed by atoms with E-state index in [4.69, 9.17) is 9.47 Å². The molecule has 5 heteroatoms. The Morgan fingerprint density at radius 2 is 1.77 bits per heavy atom. The van der Waals surface area contributed by atoms with Crippen molar-refractivity contribution < 1.29 is 24.2 Å². The third kappa shape index (κ3) is 6.30. The van der Waals surface area contributed by atoms with Crippen molar-refractivity contribution in [3.05, 3.63) is 46.1 Å². The molecule has 0 aromatic heterocycles. The van der Waals surface area contributed by atoms with Crippen LogP contribution in [0.25, 0.3) is 0 Å². The Labute approximate surface area is 156 Å². The number of aliphatic hydroxyl groups excluding tert-OH is 1. The van der Waals surface area contributed by atoms with E-state index in [1.54, 1.807) is 6.08 Å². The van der Waals surface area contributed by atoms with E-state index in [2.05, 4.69) is 32.9 Å². The highest BCUT2D eigenvalue weighted by Crippen LogP contribution is 2.29. The van der Waals surface area contributed by atoms with Crippen LogP contribution in [0, 0.1) is 0 Å². The molecular weight excluding hydrogens is 332 g/mol. The van der Waals surface area contributed by atoms with Crippen LogP contribution in [0.2, 0.25) is 0 Å². The third-order valence-electron chi connectivity index (χ3n) is 4.37. The molecule has 0 amide bonds. The normalized spacial score (nSPS) is 17.5. The standard InChI is InChI=1S/C21H30O5/c1-14(2)8-6-9-15(3)10-7-11-16-12-13-17(20(23)25-4)18(19(16)22)21(24)26-5/h8,10,12,19,22H,6-7,9,11,13H2,1-5H3. The Bertz CT molecular complexity index is 645. The Hall–Kier alpha value is -2.14. The van der Waals surface area contributed by atoms with E-state index in [1.165, 1.54) is 25.4 Å². The lowest BCUT2D eigenvalue weighted by Gasteiger charge is -2.23. The zero-order chi connectivity index (χ0) is 19.7. The SMILES string of the molecule is COC(=O)C1=C(C(=O)OC)C(O)C(CCC=C(C)CCC=C(C)C)=CC1. The zero-order valence-electron chi connectivity index (χ0n) is 16.4. The van der Waals surface area contributed by atoms with Gasteiger partial charge in [-0.1, -0.05) is 29.4 Å². The van der Waals surface area contributed by atoms with Gasteiger partial charge in [0.25, 0.3) is 0 Å². The molecule has 0 heterocycles. The summed E-state index contributed by atoms with van der Waals surface area (Å²) in [7, 11) is 2.48. The number of hydrogen-bond acceptors (Lipinski definition) is 5. The Kier molecular flexibility index (Phi) is 9.07. The molecule has 0 aliphatic heterocycles. The molecule has 0 spiro atoms. The first-order valence-corrected chi connectivity index (χ1v) is 8.87. The van der Waals surface area contributed by atoms with Crippen LogP contribution < -0.4 is 0 Å². The fourth-order valence-corrected chi connectivity index (χ4v) is 2.88.